The van der Waals surface area contributed by atoms with Crippen molar-refractivity contribution in [3.8, 4) is 11.5 Å². The fourth-order valence-corrected chi connectivity index (χ4v) is 5.46. The molecule has 2 atom stereocenters. The van der Waals surface area contributed by atoms with Gasteiger partial charge in [-0.1, -0.05) is 25.6 Å². The second-order valence-electron chi connectivity index (χ2n) is 12.1. The highest BCUT2D eigenvalue weighted by atomic mass is 28.3. The number of nitrogens with zero attached hydrogens (tertiary/aromatic N) is 4. The molecule has 1 amide bonds. The van der Waals surface area contributed by atoms with Crippen LogP contribution in [-0.2, 0) is 16.5 Å². The normalized spacial score (nSPS) is 21.9. The first kappa shape index (κ1) is 26.2. The highest BCUT2D eigenvalue weighted by Crippen LogP contribution is 2.43. The lowest BCUT2D eigenvalue weighted by Crippen LogP contribution is -2.55. The molecule has 36 heavy (non-hydrogen) atoms. The van der Waals surface area contributed by atoms with Crippen LogP contribution in [-0.4, -0.2) is 71.4 Å². The Morgan fingerprint density at radius 1 is 1.28 bits per heavy atom. The first-order chi connectivity index (χ1) is 16.7. The smallest absolute Gasteiger partial charge is 0.407 e. The lowest BCUT2D eigenvalue weighted by molar-refractivity contribution is 0.0434. The van der Waals surface area contributed by atoms with Crippen LogP contribution in [0, 0.1) is 16.9 Å². The number of anilines is 1. The van der Waals surface area contributed by atoms with Gasteiger partial charge in [0, 0.05) is 25.6 Å². The Bertz CT molecular complexity index is 1270. The zero-order valence-corrected chi connectivity index (χ0v) is 23.6. The van der Waals surface area contributed by atoms with Gasteiger partial charge in [0.25, 0.3) is 5.56 Å². The highest BCUT2D eigenvalue weighted by Gasteiger charge is 2.50. The molecule has 0 aliphatic carbocycles. The molecule has 2 aliphatic heterocycles. The fraction of sp³-hybridized carbons (Fsp3) is 0.680. The van der Waals surface area contributed by atoms with Crippen LogP contribution in [0.2, 0.25) is 19.6 Å². The van der Waals surface area contributed by atoms with Crippen molar-refractivity contribution in [1.29, 1.82) is 0 Å². The molecule has 2 saturated heterocycles. The molecule has 11 heteroatoms. The van der Waals surface area contributed by atoms with E-state index >= 15 is 0 Å². The summed E-state index contributed by atoms with van der Waals surface area (Å²) in [5.41, 5.74) is 3.28. The topological polar surface area (TPSA) is 114 Å². The van der Waals surface area contributed by atoms with Crippen molar-refractivity contribution in [2.24, 2.45) is 12.5 Å². The van der Waals surface area contributed by atoms with Crippen LogP contribution in [0.25, 0.3) is 11.0 Å². The van der Waals surface area contributed by atoms with E-state index in [4.69, 9.17) is 14.5 Å². The van der Waals surface area contributed by atoms with Gasteiger partial charge in [0.1, 0.15) is 24.8 Å². The molecule has 2 N–H and O–H groups in total. The largest absolute Gasteiger partial charge is 0.444 e. The maximum absolute atomic E-state index is 13.3. The standard InChI is InChI=1S/C25H38N6O4Si/c1-16-19(26-23(33)35-24(2,3)4)25(15-34-16)10-12-31(13-11-25)22-27-20-18(21(32)30(22)5)17(28-29-20)9-14-36(6,7)8/h16,19H,10-13,15H2,1-8H3,(H,26,33)(H,28,29)/t16-,19+/m0/s1. The Morgan fingerprint density at radius 2 is 1.94 bits per heavy atom. The van der Waals surface area contributed by atoms with Crippen molar-refractivity contribution in [2.45, 2.75) is 77.9 Å². The van der Waals surface area contributed by atoms with Crippen molar-refractivity contribution in [3.05, 3.63) is 16.0 Å². The molecular weight excluding hydrogens is 476 g/mol. The summed E-state index contributed by atoms with van der Waals surface area (Å²) < 4.78 is 13.1. The molecule has 10 nitrogen and oxygen atoms in total. The minimum atomic E-state index is -1.61. The molecule has 0 saturated carbocycles. The third-order valence-corrected chi connectivity index (χ3v) is 7.69. The molecular formula is C25H38N6O4Si. The van der Waals surface area contributed by atoms with Crippen LogP contribution in [0.3, 0.4) is 0 Å². The first-order valence-corrected chi connectivity index (χ1v) is 16.0. The van der Waals surface area contributed by atoms with Gasteiger partial charge in [-0.15, -0.1) is 5.54 Å². The molecule has 0 radical (unpaired) electrons. The van der Waals surface area contributed by atoms with Crippen LogP contribution in [0.15, 0.2) is 4.79 Å². The number of ether oxygens (including phenoxy) is 2. The van der Waals surface area contributed by atoms with Gasteiger partial charge in [-0.05, 0) is 40.5 Å². The number of nitrogens with one attached hydrogen (secondary N) is 2. The van der Waals surface area contributed by atoms with Crippen LogP contribution in [0.4, 0.5) is 10.7 Å². The molecule has 196 valence electrons. The number of carbonyl (C=O) groups is 1. The van der Waals surface area contributed by atoms with E-state index in [1.807, 2.05) is 27.7 Å². The average molecular weight is 515 g/mol. The van der Waals surface area contributed by atoms with Gasteiger partial charge >= 0.3 is 6.09 Å². The molecule has 2 fully saturated rings. The van der Waals surface area contributed by atoms with E-state index in [1.54, 1.807) is 11.6 Å². The van der Waals surface area contributed by atoms with E-state index in [0.29, 0.717) is 42.4 Å². The number of aromatic amines is 1. The van der Waals surface area contributed by atoms with Crippen molar-refractivity contribution >= 4 is 31.1 Å². The van der Waals surface area contributed by atoms with Crippen molar-refractivity contribution < 1.29 is 14.3 Å². The molecule has 4 rings (SSSR count). The summed E-state index contributed by atoms with van der Waals surface area (Å²) in [4.78, 5) is 32.6. The molecule has 2 aromatic rings. The molecule has 1 spiro atoms. The maximum Gasteiger partial charge on any atom is 0.407 e. The number of hydrogen-bond donors (Lipinski definition) is 2. The number of aromatic nitrogens is 4. The Kier molecular flexibility index (Phi) is 6.72. The van der Waals surface area contributed by atoms with E-state index in [0.717, 1.165) is 12.8 Å². The van der Waals surface area contributed by atoms with Crippen molar-refractivity contribution in [2.75, 3.05) is 24.6 Å². The number of amides is 1. The number of hydrogen-bond acceptors (Lipinski definition) is 7. The molecule has 2 aromatic heterocycles. The van der Waals surface area contributed by atoms with Gasteiger partial charge in [-0.3, -0.25) is 14.5 Å². The van der Waals surface area contributed by atoms with Gasteiger partial charge in [0.05, 0.1) is 18.8 Å². The summed E-state index contributed by atoms with van der Waals surface area (Å²) in [6.45, 7) is 15.9. The molecule has 4 heterocycles. The predicted octanol–water partition coefficient (Wildman–Crippen LogP) is 2.78. The lowest BCUT2D eigenvalue weighted by Gasteiger charge is -2.43. The van der Waals surface area contributed by atoms with E-state index in [-0.39, 0.29) is 23.1 Å². The van der Waals surface area contributed by atoms with Crippen molar-refractivity contribution in [3.63, 3.8) is 0 Å². The Balaban J connectivity index is 1.54. The van der Waals surface area contributed by atoms with Gasteiger partial charge in [0.15, 0.2) is 5.65 Å². The number of carbonyl (C=O) groups excluding carboxylic acids is 1. The Morgan fingerprint density at radius 3 is 2.56 bits per heavy atom. The molecule has 0 unspecified atom stereocenters. The monoisotopic (exact) mass is 514 g/mol. The zero-order valence-electron chi connectivity index (χ0n) is 22.6. The second kappa shape index (κ2) is 9.23. The summed E-state index contributed by atoms with van der Waals surface area (Å²) in [7, 11) is 0.132. The van der Waals surface area contributed by atoms with E-state index < -0.39 is 19.8 Å². The fourth-order valence-electron chi connectivity index (χ4n) is 4.96. The quantitative estimate of drug-likeness (QED) is 0.468. The van der Waals surface area contributed by atoms with Gasteiger partial charge in [0.2, 0.25) is 5.95 Å². The number of alkyl carbamates (subject to hydrolysis) is 1. The van der Waals surface area contributed by atoms with E-state index in [9.17, 15) is 9.59 Å². The van der Waals surface area contributed by atoms with Gasteiger partial charge in [-0.25, -0.2) is 4.79 Å². The Labute approximate surface area is 213 Å². The van der Waals surface area contributed by atoms with Crippen LogP contribution in [0.5, 0.6) is 0 Å². The summed E-state index contributed by atoms with van der Waals surface area (Å²) in [5.74, 6) is 3.70. The van der Waals surface area contributed by atoms with Gasteiger partial charge < -0.3 is 19.7 Å². The first-order valence-electron chi connectivity index (χ1n) is 12.5. The summed E-state index contributed by atoms with van der Waals surface area (Å²) in [6.07, 6.45) is 1.05. The van der Waals surface area contributed by atoms with Crippen LogP contribution in [0.1, 0.15) is 46.2 Å². The molecule has 0 bridgehead atoms. The third kappa shape index (κ3) is 5.29. The summed E-state index contributed by atoms with van der Waals surface area (Å²) in [6, 6.07) is -0.146. The number of fused-ring (bicyclic) bond motifs is 1. The SMILES string of the molecule is C[C@@H]1OCC2(CCN(c3nc4n[nH]c(C#C[Si](C)(C)C)c4c(=O)n3C)CC2)[C@@H]1NC(=O)OC(C)(C)C. The number of H-pyrrole nitrogens is 1. The van der Waals surface area contributed by atoms with E-state index in [2.05, 4.69) is 51.5 Å². The minimum absolute atomic E-state index is 0.109. The van der Waals surface area contributed by atoms with Crippen LogP contribution >= 0.6 is 0 Å². The maximum atomic E-state index is 13.3. The number of piperidine rings is 1. The molecule has 0 aromatic carbocycles. The number of rotatable bonds is 2. The molecule has 2 aliphatic rings. The predicted molar refractivity (Wildman–Crippen MR) is 142 cm³/mol. The van der Waals surface area contributed by atoms with E-state index in [1.165, 1.54) is 0 Å². The average Bonchev–Trinajstić information content (AvgIpc) is 3.30. The Hall–Kier alpha value is -2.84. The highest BCUT2D eigenvalue weighted by molar-refractivity contribution is 6.83. The van der Waals surface area contributed by atoms with Gasteiger partial charge in [-0.2, -0.15) is 10.1 Å². The van der Waals surface area contributed by atoms with Crippen molar-refractivity contribution in [1.82, 2.24) is 25.1 Å². The summed E-state index contributed by atoms with van der Waals surface area (Å²) >= 11 is 0. The summed E-state index contributed by atoms with van der Waals surface area (Å²) in [5, 5.41) is 10.7. The third-order valence-electron chi connectivity index (χ3n) is 6.81. The minimum Gasteiger partial charge on any atom is -0.444 e. The second-order valence-corrected chi connectivity index (χ2v) is 16.8. The lowest BCUT2D eigenvalue weighted by atomic mass is 9.73. The zero-order chi connectivity index (χ0) is 26.5. The van der Waals surface area contributed by atoms with Crippen LogP contribution < -0.4 is 15.8 Å².